The van der Waals surface area contributed by atoms with Gasteiger partial charge < -0.3 is 10.4 Å². The van der Waals surface area contributed by atoms with E-state index in [0.717, 1.165) is 38.2 Å². The van der Waals surface area contributed by atoms with Gasteiger partial charge in [0.2, 0.25) is 0 Å². The number of hydrogen-bond donors (Lipinski definition) is 2. The van der Waals surface area contributed by atoms with Crippen LogP contribution in [0, 0.1) is 13.8 Å². The average molecular weight is 262 g/mol. The van der Waals surface area contributed by atoms with Gasteiger partial charge in [-0.1, -0.05) is 18.2 Å². The smallest absolute Gasteiger partial charge is 0.0994 e. The summed E-state index contributed by atoms with van der Waals surface area (Å²) in [5, 5.41) is 14.2. The lowest BCUT2D eigenvalue weighted by Gasteiger charge is -2.31. The highest BCUT2D eigenvalue weighted by molar-refractivity contribution is 5.33. The molecule has 1 fully saturated rings. The predicted molar refractivity (Wildman–Crippen MR) is 79.4 cm³/mol. The van der Waals surface area contributed by atoms with E-state index in [1.165, 1.54) is 11.1 Å². The Kier molecular flexibility index (Phi) is 4.61. The Bertz CT molecular complexity index is 421. The second kappa shape index (κ2) is 6.04. The van der Waals surface area contributed by atoms with Crippen LogP contribution in [-0.4, -0.2) is 42.7 Å². The molecule has 2 N–H and O–H groups in total. The first kappa shape index (κ1) is 14.5. The largest absolute Gasteiger partial charge is 0.384 e. The topological polar surface area (TPSA) is 35.5 Å². The minimum absolute atomic E-state index is 0.706. The van der Waals surface area contributed by atoms with Crippen LogP contribution in [0.1, 0.15) is 30.0 Å². The standard InChI is InChI=1S/C16H26N2O/c1-13-5-6-15(11-14(13)2)16(3,19)12-18-9-4-7-17-8-10-18/h5-6,11,17,19H,4,7-10,12H2,1-3H3. The molecule has 3 nitrogen and oxygen atoms in total. The van der Waals surface area contributed by atoms with Gasteiger partial charge in [0.1, 0.15) is 0 Å². The monoisotopic (exact) mass is 262 g/mol. The molecule has 1 saturated heterocycles. The van der Waals surface area contributed by atoms with Crippen LogP contribution in [0.15, 0.2) is 18.2 Å². The number of β-amino-alcohol motifs (C(OH)–C–C–N with tert-alkyl or cyclic N) is 1. The summed E-state index contributed by atoms with van der Waals surface area (Å²) >= 11 is 0. The number of aliphatic hydroxyl groups is 1. The van der Waals surface area contributed by atoms with E-state index < -0.39 is 5.60 Å². The highest BCUT2D eigenvalue weighted by Gasteiger charge is 2.26. The zero-order valence-electron chi connectivity index (χ0n) is 12.4. The van der Waals surface area contributed by atoms with Gasteiger partial charge in [-0.15, -0.1) is 0 Å². The number of aryl methyl sites for hydroxylation is 2. The predicted octanol–water partition coefficient (Wildman–Crippen LogP) is 1.81. The number of hydrogen-bond acceptors (Lipinski definition) is 3. The Balaban J connectivity index is 2.09. The zero-order valence-corrected chi connectivity index (χ0v) is 12.4. The average Bonchev–Trinajstić information content (AvgIpc) is 2.60. The fourth-order valence-electron chi connectivity index (χ4n) is 2.66. The van der Waals surface area contributed by atoms with Gasteiger partial charge in [-0.25, -0.2) is 0 Å². The molecule has 0 aromatic heterocycles. The first-order valence-electron chi connectivity index (χ1n) is 7.22. The van der Waals surface area contributed by atoms with Gasteiger partial charge in [-0.05, 0) is 57.0 Å². The molecule has 1 aromatic carbocycles. The van der Waals surface area contributed by atoms with E-state index in [2.05, 4.69) is 42.3 Å². The molecule has 2 rings (SSSR count). The van der Waals surface area contributed by atoms with Crippen molar-refractivity contribution in [2.75, 3.05) is 32.7 Å². The Morgan fingerprint density at radius 2 is 2.00 bits per heavy atom. The molecule has 1 aliphatic rings. The second-order valence-corrected chi connectivity index (χ2v) is 5.95. The molecule has 0 bridgehead atoms. The molecular formula is C16H26N2O. The van der Waals surface area contributed by atoms with E-state index in [0.29, 0.717) is 6.54 Å². The number of nitrogens with one attached hydrogen (secondary N) is 1. The van der Waals surface area contributed by atoms with Gasteiger partial charge in [0.15, 0.2) is 0 Å². The van der Waals surface area contributed by atoms with Gasteiger partial charge in [0.25, 0.3) is 0 Å². The van der Waals surface area contributed by atoms with Gasteiger partial charge in [0.05, 0.1) is 5.60 Å². The minimum atomic E-state index is -0.775. The molecule has 1 heterocycles. The molecule has 1 aliphatic heterocycles. The molecule has 106 valence electrons. The highest BCUT2D eigenvalue weighted by atomic mass is 16.3. The summed E-state index contributed by atoms with van der Waals surface area (Å²) in [6.45, 7) is 11.0. The summed E-state index contributed by atoms with van der Waals surface area (Å²) in [5.41, 5.74) is 2.77. The molecule has 0 amide bonds. The van der Waals surface area contributed by atoms with Crippen LogP contribution >= 0.6 is 0 Å². The minimum Gasteiger partial charge on any atom is -0.384 e. The lowest BCUT2D eigenvalue weighted by atomic mass is 9.92. The van der Waals surface area contributed by atoms with Crippen LogP contribution in [0.3, 0.4) is 0 Å². The molecule has 0 aliphatic carbocycles. The van der Waals surface area contributed by atoms with Gasteiger partial charge >= 0.3 is 0 Å². The van der Waals surface area contributed by atoms with Gasteiger partial charge in [-0.2, -0.15) is 0 Å². The number of rotatable bonds is 3. The maximum atomic E-state index is 10.8. The zero-order chi connectivity index (χ0) is 13.9. The third-order valence-electron chi connectivity index (χ3n) is 4.09. The van der Waals surface area contributed by atoms with E-state index in [1.54, 1.807) is 0 Å². The Labute approximate surface area is 116 Å². The summed E-state index contributed by atoms with van der Waals surface area (Å²) in [4.78, 5) is 2.36. The Hall–Kier alpha value is -0.900. The van der Waals surface area contributed by atoms with E-state index >= 15 is 0 Å². The summed E-state index contributed by atoms with van der Waals surface area (Å²) in [5.74, 6) is 0. The van der Waals surface area contributed by atoms with Crippen molar-refractivity contribution < 1.29 is 5.11 Å². The van der Waals surface area contributed by atoms with E-state index in [-0.39, 0.29) is 0 Å². The first-order chi connectivity index (χ1) is 8.99. The van der Waals surface area contributed by atoms with Crippen LogP contribution < -0.4 is 5.32 Å². The maximum Gasteiger partial charge on any atom is 0.0994 e. The van der Waals surface area contributed by atoms with Crippen LogP contribution in [-0.2, 0) is 5.60 Å². The Morgan fingerprint density at radius 1 is 1.21 bits per heavy atom. The quantitative estimate of drug-likeness (QED) is 0.872. The first-order valence-corrected chi connectivity index (χ1v) is 7.22. The molecule has 1 aromatic rings. The lowest BCUT2D eigenvalue weighted by Crippen LogP contribution is -2.40. The molecule has 0 saturated carbocycles. The van der Waals surface area contributed by atoms with Crippen molar-refractivity contribution in [3.63, 3.8) is 0 Å². The molecule has 0 radical (unpaired) electrons. The van der Waals surface area contributed by atoms with E-state index in [9.17, 15) is 5.11 Å². The molecule has 1 unspecified atom stereocenters. The van der Waals surface area contributed by atoms with Crippen molar-refractivity contribution in [1.29, 1.82) is 0 Å². The molecule has 3 heteroatoms. The van der Waals surface area contributed by atoms with Gasteiger partial charge in [0, 0.05) is 19.6 Å². The third-order valence-corrected chi connectivity index (χ3v) is 4.09. The van der Waals surface area contributed by atoms with Crippen molar-refractivity contribution >= 4 is 0 Å². The Morgan fingerprint density at radius 3 is 2.74 bits per heavy atom. The fourth-order valence-corrected chi connectivity index (χ4v) is 2.66. The van der Waals surface area contributed by atoms with Crippen molar-refractivity contribution in [3.05, 3.63) is 34.9 Å². The maximum absolute atomic E-state index is 10.8. The van der Waals surface area contributed by atoms with Gasteiger partial charge in [-0.3, -0.25) is 4.90 Å². The SMILES string of the molecule is Cc1ccc(C(C)(O)CN2CCCNCC2)cc1C. The van der Waals surface area contributed by atoms with Crippen molar-refractivity contribution in [1.82, 2.24) is 10.2 Å². The molecule has 19 heavy (non-hydrogen) atoms. The van der Waals surface area contributed by atoms with Crippen molar-refractivity contribution in [3.8, 4) is 0 Å². The highest BCUT2D eigenvalue weighted by Crippen LogP contribution is 2.24. The summed E-state index contributed by atoms with van der Waals surface area (Å²) < 4.78 is 0. The van der Waals surface area contributed by atoms with Crippen molar-refractivity contribution in [2.45, 2.75) is 32.8 Å². The summed E-state index contributed by atoms with van der Waals surface area (Å²) in [6, 6.07) is 6.27. The van der Waals surface area contributed by atoms with Crippen molar-refractivity contribution in [2.24, 2.45) is 0 Å². The summed E-state index contributed by atoms with van der Waals surface area (Å²) in [6.07, 6.45) is 1.16. The number of benzene rings is 1. The van der Waals surface area contributed by atoms with E-state index in [4.69, 9.17) is 0 Å². The normalized spacial score (nSPS) is 20.8. The molecule has 0 spiro atoms. The van der Waals surface area contributed by atoms with Crippen LogP contribution in [0.25, 0.3) is 0 Å². The lowest BCUT2D eigenvalue weighted by molar-refractivity contribution is 0.0177. The third kappa shape index (κ3) is 3.78. The van der Waals surface area contributed by atoms with E-state index in [1.807, 2.05) is 6.92 Å². The summed E-state index contributed by atoms with van der Waals surface area (Å²) in [7, 11) is 0. The fraction of sp³-hybridized carbons (Fsp3) is 0.625. The van der Waals surface area contributed by atoms with Crippen LogP contribution in [0.2, 0.25) is 0 Å². The number of nitrogens with zero attached hydrogens (tertiary/aromatic N) is 1. The molecular weight excluding hydrogens is 236 g/mol. The molecule has 1 atom stereocenters. The van der Waals surface area contributed by atoms with Crippen LogP contribution in [0.5, 0.6) is 0 Å². The second-order valence-electron chi connectivity index (χ2n) is 5.95. The van der Waals surface area contributed by atoms with Crippen LogP contribution in [0.4, 0.5) is 0 Å².